The molecule has 0 heterocycles. The highest BCUT2D eigenvalue weighted by Crippen LogP contribution is 2.26. The van der Waals surface area contributed by atoms with Crippen molar-refractivity contribution in [2.75, 3.05) is 6.26 Å². The quantitative estimate of drug-likeness (QED) is 0.837. The molecule has 0 fully saturated rings. The first-order valence-corrected chi connectivity index (χ1v) is 6.51. The van der Waals surface area contributed by atoms with Crippen LogP contribution < -0.4 is 0 Å². The number of aliphatic hydroxyl groups excluding tert-OH is 1. The fraction of sp³-hybridized carbons (Fsp3) is 0.143. The summed E-state index contributed by atoms with van der Waals surface area (Å²) in [7, 11) is 0. The molecule has 1 unspecified atom stereocenters. The van der Waals surface area contributed by atoms with Crippen molar-refractivity contribution in [1.29, 1.82) is 0 Å². The minimum absolute atomic E-state index is 0.314. The maximum atomic E-state index is 13.8. The lowest BCUT2D eigenvalue weighted by Crippen LogP contribution is -2.02. The lowest BCUT2D eigenvalue weighted by molar-refractivity contribution is 0.215. The minimum Gasteiger partial charge on any atom is -0.384 e. The number of thioether (sulfide) groups is 1. The summed E-state index contributed by atoms with van der Waals surface area (Å²) in [6, 6.07) is 14.0. The zero-order valence-corrected chi connectivity index (χ0v) is 10.2. The Balaban J connectivity index is 2.34. The fourth-order valence-electron chi connectivity index (χ4n) is 1.67. The summed E-state index contributed by atoms with van der Waals surface area (Å²) < 4.78 is 13.8. The van der Waals surface area contributed by atoms with Gasteiger partial charge in [-0.1, -0.05) is 36.4 Å². The van der Waals surface area contributed by atoms with Crippen LogP contribution in [-0.4, -0.2) is 11.4 Å². The van der Waals surface area contributed by atoms with Crippen LogP contribution in [0.5, 0.6) is 0 Å². The molecule has 0 radical (unpaired) electrons. The van der Waals surface area contributed by atoms with Crippen molar-refractivity contribution < 1.29 is 9.50 Å². The minimum atomic E-state index is -0.910. The second-order valence-corrected chi connectivity index (χ2v) is 4.58. The Morgan fingerprint density at radius 1 is 1.12 bits per heavy atom. The zero-order chi connectivity index (χ0) is 12.3. The van der Waals surface area contributed by atoms with Gasteiger partial charge in [0.25, 0.3) is 0 Å². The first-order chi connectivity index (χ1) is 8.22. The highest BCUT2D eigenvalue weighted by Gasteiger charge is 2.14. The Morgan fingerprint density at radius 3 is 2.41 bits per heavy atom. The average Bonchev–Trinajstić information content (AvgIpc) is 2.39. The molecule has 0 spiro atoms. The molecule has 0 bridgehead atoms. The van der Waals surface area contributed by atoms with E-state index in [1.54, 1.807) is 18.2 Å². The van der Waals surface area contributed by atoms with E-state index in [-0.39, 0.29) is 5.82 Å². The molecule has 0 aliphatic rings. The number of rotatable bonds is 3. The van der Waals surface area contributed by atoms with Crippen molar-refractivity contribution in [2.24, 2.45) is 0 Å². The molecule has 1 nitrogen and oxygen atoms in total. The van der Waals surface area contributed by atoms with E-state index in [1.807, 2.05) is 30.5 Å². The van der Waals surface area contributed by atoms with E-state index in [4.69, 9.17) is 0 Å². The van der Waals surface area contributed by atoms with E-state index in [0.29, 0.717) is 11.1 Å². The van der Waals surface area contributed by atoms with Gasteiger partial charge in [-0.25, -0.2) is 4.39 Å². The number of benzene rings is 2. The Kier molecular flexibility index (Phi) is 3.82. The fourth-order valence-corrected chi connectivity index (χ4v) is 2.10. The van der Waals surface area contributed by atoms with E-state index in [0.717, 1.165) is 4.90 Å². The third-order valence-corrected chi connectivity index (χ3v) is 3.34. The van der Waals surface area contributed by atoms with Crippen molar-refractivity contribution >= 4 is 11.8 Å². The molecule has 0 aromatic heterocycles. The van der Waals surface area contributed by atoms with Crippen LogP contribution in [-0.2, 0) is 0 Å². The topological polar surface area (TPSA) is 20.2 Å². The summed E-state index contributed by atoms with van der Waals surface area (Å²) in [5.41, 5.74) is 1.01. The largest absolute Gasteiger partial charge is 0.384 e. The maximum Gasteiger partial charge on any atom is 0.130 e. The second kappa shape index (κ2) is 5.34. The highest BCUT2D eigenvalue weighted by molar-refractivity contribution is 7.98. The van der Waals surface area contributed by atoms with Crippen LogP contribution in [0, 0.1) is 5.82 Å². The average molecular weight is 248 g/mol. The van der Waals surface area contributed by atoms with Crippen LogP contribution in [0.4, 0.5) is 4.39 Å². The molecule has 17 heavy (non-hydrogen) atoms. The highest BCUT2D eigenvalue weighted by atomic mass is 32.2. The smallest absolute Gasteiger partial charge is 0.130 e. The summed E-state index contributed by atoms with van der Waals surface area (Å²) in [4.78, 5) is 0.853. The van der Waals surface area contributed by atoms with E-state index >= 15 is 0 Å². The number of hydrogen-bond acceptors (Lipinski definition) is 2. The molecule has 1 N–H and O–H groups in total. The van der Waals surface area contributed by atoms with Gasteiger partial charge in [0, 0.05) is 10.5 Å². The monoisotopic (exact) mass is 248 g/mol. The van der Waals surface area contributed by atoms with Gasteiger partial charge >= 0.3 is 0 Å². The molecule has 0 aliphatic carbocycles. The Morgan fingerprint density at radius 2 is 1.82 bits per heavy atom. The van der Waals surface area contributed by atoms with Crippen molar-refractivity contribution in [3.63, 3.8) is 0 Å². The molecule has 1 atom stereocenters. The summed E-state index contributed by atoms with van der Waals surface area (Å²) >= 11 is 1.48. The van der Waals surface area contributed by atoms with Gasteiger partial charge in [-0.2, -0.15) is 0 Å². The van der Waals surface area contributed by atoms with Crippen molar-refractivity contribution in [1.82, 2.24) is 0 Å². The molecule has 0 amide bonds. The lowest BCUT2D eigenvalue weighted by atomic mass is 10.0. The van der Waals surface area contributed by atoms with Gasteiger partial charge in [-0.05, 0) is 24.0 Å². The van der Waals surface area contributed by atoms with Crippen molar-refractivity contribution in [3.8, 4) is 0 Å². The molecule has 0 saturated carbocycles. The van der Waals surface area contributed by atoms with E-state index in [1.165, 1.54) is 17.8 Å². The Labute approximate surface area is 104 Å². The molecule has 2 rings (SSSR count). The van der Waals surface area contributed by atoms with Gasteiger partial charge in [0.15, 0.2) is 0 Å². The summed E-state index contributed by atoms with van der Waals surface area (Å²) in [6.45, 7) is 0. The summed E-state index contributed by atoms with van der Waals surface area (Å²) in [5, 5.41) is 10.1. The lowest BCUT2D eigenvalue weighted by Gasteiger charge is -2.12. The maximum absolute atomic E-state index is 13.8. The van der Waals surface area contributed by atoms with E-state index in [2.05, 4.69) is 0 Å². The second-order valence-electron chi connectivity index (χ2n) is 3.70. The normalized spacial score (nSPS) is 12.4. The number of halogens is 1. The molecule has 88 valence electrons. The van der Waals surface area contributed by atoms with Crippen LogP contribution in [0.3, 0.4) is 0 Å². The SMILES string of the molecule is CSc1ccc(C(O)c2ccccc2)c(F)c1. The molecule has 3 heteroatoms. The first kappa shape index (κ1) is 12.1. The van der Waals surface area contributed by atoms with Crippen LogP contribution >= 0.6 is 11.8 Å². The standard InChI is InChI=1S/C14H13FOS/c1-17-11-7-8-12(13(15)9-11)14(16)10-5-3-2-4-6-10/h2-9,14,16H,1H3. The van der Waals surface area contributed by atoms with E-state index < -0.39 is 6.10 Å². The molecule has 0 saturated heterocycles. The van der Waals surface area contributed by atoms with Gasteiger partial charge in [0.05, 0.1) is 0 Å². The van der Waals surface area contributed by atoms with E-state index in [9.17, 15) is 9.50 Å². The van der Waals surface area contributed by atoms with Gasteiger partial charge in [-0.3, -0.25) is 0 Å². The first-order valence-electron chi connectivity index (χ1n) is 5.29. The van der Waals surface area contributed by atoms with Crippen LogP contribution in [0.25, 0.3) is 0 Å². The predicted molar refractivity (Wildman–Crippen MR) is 68.7 cm³/mol. The van der Waals surface area contributed by atoms with Crippen LogP contribution in [0.1, 0.15) is 17.2 Å². The molecule has 2 aromatic rings. The summed E-state index contributed by atoms with van der Waals surface area (Å²) in [6.07, 6.45) is 0.981. The predicted octanol–water partition coefficient (Wildman–Crippen LogP) is 3.63. The Hall–Kier alpha value is -1.32. The van der Waals surface area contributed by atoms with Gasteiger partial charge in [0.1, 0.15) is 11.9 Å². The third-order valence-electron chi connectivity index (χ3n) is 2.62. The third kappa shape index (κ3) is 2.68. The van der Waals surface area contributed by atoms with Gasteiger partial charge in [-0.15, -0.1) is 11.8 Å². The van der Waals surface area contributed by atoms with Crippen LogP contribution in [0.2, 0.25) is 0 Å². The molecule has 0 aliphatic heterocycles. The molecular formula is C14H13FOS. The zero-order valence-electron chi connectivity index (χ0n) is 9.43. The van der Waals surface area contributed by atoms with Gasteiger partial charge < -0.3 is 5.11 Å². The van der Waals surface area contributed by atoms with Crippen molar-refractivity contribution in [2.45, 2.75) is 11.0 Å². The van der Waals surface area contributed by atoms with Crippen LogP contribution in [0.15, 0.2) is 53.4 Å². The van der Waals surface area contributed by atoms with Crippen molar-refractivity contribution in [3.05, 3.63) is 65.5 Å². The molecular weight excluding hydrogens is 235 g/mol. The van der Waals surface area contributed by atoms with Gasteiger partial charge in [0.2, 0.25) is 0 Å². The number of aliphatic hydroxyl groups is 1. The number of hydrogen-bond donors (Lipinski definition) is 1. The Bertz CT molecular complexity index is 499. The molecule has 2 aromatic carbocycles. The summed E-state index contributed by atoms with van der Waals surface area (Å²) in [5.74, 6) is -0.367.